The molecule has 1 aromatic rings. The van der Waals surface area contributed by atoms with Crippen molar-refractivity contribution in [2.75, 3.05) is 7.05 Å². The molecule has 0 saturated heterocycles. The van der Waals surface area contributed by atoms with E-state index in [2.05, 4.69) is 43.9 Å². The minimum absolute atomic E-state index is 0.554. The van der Waals surface area contributed by atoms with Gasteiger partial charge in [-0.25, -0.2) is 0 Å². The molecule has 1 atom stereocenters. The smallest absolute Gasteiger partial charge is 0.0107 e. The molecule has 16 heavy (non-hydrogen) atoms. The van der Waals surface area contributed by atoms with Crippen LogP contribution in [0.25, 0.3) is 0 Å². The van der Waals surface area contributed by atoms with Crippen LogP contribution in [0.3, 0.4) is 0 Å². The molecule has 1 heteroatoms. The van der Waals surface area contributed by atoms with Gasteiger partial charge in [0.1, 0.15) is 0 Å². The molecule has 1 nitrogen and oxygen atoms in total. The number of aryl methyl sites for hydroxylation is 2. The lowest BCUT2D eigenvalue weighted by molar-refractivity contribution is 0.524. The summed E-state index contributed by atoms with van der Waals surface area (Å²) in [5, 5.41) is 3.38. The maximum atomic E-state index is 3.78. The summed E-state index contributed by atoms with van der Waals surface area (Å²) in [6, 6.07) is 7.24. The van der Waals surface area contributed by atoms with Crippen LogP contribution in [0.5, 0.6) is 0 Å². The maximum Gasteiger partial charge on any atom is 0.0107 e. The normalized spacial score (nSPS) is 12.4. The van der Waals surface area contributed by atoms with Gasteiger partial charge in [-0.3, -0.25) is 0 Å². The molecule has 1 N–H and O–H groups in total. The molecule has 0 aliphatic heterocycles. The van der Waals surface area contributed by atoms with E-state index in [1.165, 1.54) is 16.7 Å². The SMILES string of the molecule is C=CCCC(Cc1cc(C)ccc1C)NC. The lowest BCUT2D eigenvalue weighted by Crippen LogP contribution is -2.27. The van der Waals surface area contributed by atoms with Crippen LogP contribution in [-0.4, -0.2) is 13.1 Å². The number of hydrogen-bond donors (Lipinski definition) is 1. The lowest BCUT2D eigenvalue weighted by atomic mass is 9.97. The first-order chi connectivity index (χ1) is 7.67. The molecule has 1 aromatic carbocycles. The molecule has 0 saturated carbocycles. The molecule has 0 aromatic heterocycles. The first-order valence-corrected chi connectivity index (χ1v) is 6.01. The van der Waals surface area contributed by atoms with Gasteiger partial charge in [0, 0.05) is 6.04 Å². The molecule has 0 aliphatic carbocycles. The van der Waals surface area contributed by atoms with Crippen molar-refractivity contribution in [1.82, 2.24) is 5.32 Å². The Labute approximate surface area is 99.6 Å². The molecule has 1 rings (SSSR count). The fourth-order valence-corrected chi connectivity index (χ4v) is 1.95. The highest BCUT2D eigenvalue weighted by atomic mass is 14.9. The van der Waals surface area contributed by atoms with Gasteiger partial charge in [0.2, 0.25) is 0 Å². The summed E-state index contributed by atoms with van der Waals surface area (Å²) in [5.41, 5.74) is 4.20. The van der Waals surface area contributed by atoms with Crippen LogP contribution in [0.4, 0.5) is 0 Å². The molecule has 0 radical (unpaired) electrons. The summed E-state index contributed by atoms with van der Waals surface area (Å²) >= 11 is 0. The number of likely N-dealkylation sites (N-methyl/N-ethyl adjacent to an activating group) is 1. The summed E-state index contributed by atoms with van der Waals surface area (Å²) in [6.45, 7) is 8.12. The quantitative estimate of drug-likeness (QED) is 0.720. The second kappa shape index (κ2) is 6.49. The Morgan fingerprint density at radius 1 is 1.38 bits per heavy atom. The zero-order valence-corrected chi connectivity index (χ0v) is 10.7. The number of hydrogen-bond acceptors (Lipinski definition) is 1. The van der Waals surface area contributed by atoms with E-state index in [-0.39, 0.29) is 0 Å². The Balaban J connectivity index is 2.69. The first-order valence-electron chi connectivity index (χ1n) is 6.01. The largest absolute Gasteiger partial charge is 0.317 e. The summed E-state index contributed by atoms with van der Waals surface area (Å²) in [7, 11) is 2.04. The van der Waals surface area contributed by atoms with E-state index in [1.807, 2.05) is 13.1 Å². The average molecular weight is 217 g/mol. The number of benzene rings is 1. The summed E-state index contributed by atoms with van der Waals surface area (Å²) in [6.07, 6.45) is 5.34. The van der Waals surface area contributed by atoms with Crippen LogP contribution in [0.1, 0.15) is 29.5 Å². The van der Waals surface area contributed by atoms with Gasteiger partial charge in [-0.15, -0.1) is 6.58 Å². The third-order valence-electron chi connectivity index (χ3n) is 3.10. The molecule has 88 valence electrons. The summed E-state index contributed by atoms with van der Waals surface area (Å²) in [4.78, 5) is 0. The number of rotatable bonds is 6. The second-order valence-electron chi connectivity index (χ2n) is 4.49. The fraction of sp³-hybridized carbons (Fsp3) is 0.467. The van der Waals surface area contributed by atoms with Gasteiger partial charge in [0.05, 0.1) is 0 Å². The highest BCUT2D eigenvalue weighted by molar-refractivity contribution is 5.31. The molecule has 0 heterocycles. The molecule has 0 aliphatic rings. The minimum atomic E-state index is 0.554. The zero-order valence-electron chi connectivity index (χ0n) is 10.7. The van der Waals surface area contributed by atoms with Gasteiger partial charge in [0.15, 0.2) is 0 Å². The Kier molecular flexibility index (Phi) is 5.27. The van der Waals surface area contributed by atoms with Crippen LogP contribution < -0.4 is 5.32 Å². The maximum absolute atomic E-state index is 3.78. The Morgan fingerprint density at radius 2 is 2.12 bits per heavy atom. The van der Waals surface area contributed by atoms with Crippen molar-refractivity contribution in [3.05, 3.63) is 47.5 Å². The molecular weight excluding hydrogens is 194 g/mol. The monoisotopic (exact) mass is 217 g/mol. The molecule has 1 unspecified atom stereocenters. The standard InChI is InChI=1S/C15H23N/c1-5-6-7-15(16-4)11-14-10-12(2)8-9-13(14)3/h5,8-10,15-16H,1,6-7,11H2,2-4H3. The predicted molar refractivity (Wildman–Crippen MR) is 71.9 cm³/mol. The first kappa shape index (κ1) is 13.0. The highest BCUT2D eigenvalue weighted by Gasteiger charge is 2.08. The van der Waals surface area contributed by atoms with Gasteiger partial charge in [0.25, 0.3) is 0 Å². The molecule has 0 spiro atoms. The topological polar surface area (TPSA) is 12.0 Å². The van der Waals surface area contributed by atoms with Gasteiger partial charge in [-0.05, 0) is 51.3 Å². The van der Waals surface area contributed by atoms with Crippen LogP contribution >= 0.6 is 0 Å². The third kappa shape index (κ3) is 3.82. The van der Waals surface area contributed by atoms with E-state index < -0.39 is 0 Å². The van der Waals surface area contributed by atoms with Crippen molar-refractivity contribution in [2.45, 2.75) is 39.2 Å². The van der Waals surface area contributed by atoms with E-state index in [1.54, 1.807) is 0 Å². The Bertz CT molecular complexity index is 341. The highest BCUT2D eigenvalue weighted by Crippen LogP contribution is 2.14. The summed E-state index contributed by atoms with van der Waals surface area (Å²) < 4.78 is 0. The van der Waals surface area contributed by atoms with E-state index in [0.29, 0.717) is 6.04 Å². The van der Waals surface area contributed by atoms with Crippen LogP contribution in [0.2, 0.25) is 0 Å². The molecule has 0 fully saturated rings. The minimum Gasteiger partial charge on any atom is -0.317 e. The predicted octanol–water partition coefficient (Wildman–Crippen LogP) is 3.40. The van der Waals surface area contributed by atoms with E-state index in [9.17, 15) is 0 Å². The number of nitrogens with one attached hydrogen (secondary N) is 1. The zero-order chi connectivity index (χ0) is 12.0. The van der Waals surface area contributed by atoms with Gasteiger partial charge >= 0.3 is 0 Å². The van der Waals surface area contributed by atoms with E-state index in [0.717, 1.165) is 19.3 Å². The average Bonchev–Trinajstić information content (AvgIpc) is 2.28. The van der Waals surface area contributed by atoms with Crippen molar-refractivity contribution in [3.8, 4) is 0 Å². The third-order valence-corrected chi connectivity index (χ3v) is 3.10. The molecular formula is C15H23N. The second-order valence-corrected chi connectivity index (χ2v) is 4.49. The van der Waals surface area contributed by atoms with Gasteiger partial charge < -0.3 is 5.32 Å². The molecule has 0 amide bonds. The Morgan fingerprint density at radius 3 is 2.75 bits per heavy atom. The van der Waals surface area contributed by atoms with Crippen molar-refractivity contribution >= 4 is 0 Å². The van der Waals surface area contributed by atoms with Gasteiger partial charge in [-0.2, -0.15) is 0 Å². The molecule has 0 bridgehead atoms. The van der Waals surface area contributed by atoms with Crippen molar-refractivity contribution in [2.24, 2.45) is 0 Å². The fourth-order valence-electron chi connectivity index (χ4n) is 1.95. The summed E-state index contributed by atoms with van der Waals surface area (Å²) in [5.74, 6) is 0. The van der Waals surface area contributed by atoms with Gasteiger partial charge in [-0.1, -0.05) is 29.8 Å². The van der Waals surface area contributed by atoms with Crippen LogP contribution in [-0.2, 0) is 6.42 Å². The van der Waals surface area contributed by atoms with Crippen molar-refractivity contribution in [1.29, 1.82) is 0 Å². The van der Waals surface area contributed by atoms with Crippen LogP contribution in [0, 0.1) is 13.8 Å². The lowest BCUT2D eigenvalue weighted by Gasteiger charge is -2.17. The van der Waals surface area contributed by atoms with Crippen molar-refractivity contribution < 1.29 is 0 Å². The number of allylic oxidation sites excluding steroid dienone is 1. The van der Waals surface area contributed by atoms with E-state index >= 15 is 0 Å². The Hall–Kier alpha value is -1.08. The van der Waals surface area contributed by atoms with E-state index in [4.69, 9.17) is 0 Å². The van der Waals surface area contributed by atoms with Crippen molar-refractivity contribution in [3.63, 3.8) is 0 Å². The van der Waals surface area contributed by atoms with Crippen LogP contribution in [0.15, 0.2) is 30.9 Å².